The average molecular weight is 274 g/mol. The molecule has 0 bridgehead atoms. The van der Waals surface area contributed by atoms with E-state index in [0.717, 1.165) is 12.5 Å². The second-order valence-corrected chi connectivity index (χ2v) is 3.35. The predicted molar refractivity (Wildman–Crippen MR) is 20.8 cm³/mol. The van der Waals surface area contributed by atoms with Crippen molar-refractivity contribution in [1.29, 1.82) is 0 Å². The van der Waals surface area contributed by atoms with Crippen molar-refractivity contribution < 1.29 is 29.2 Å². The molecule has 2 heteroatoms. The second-order valence-electron chi connectivity index (χ2n) is 1.76. The zero-order valence-electron chi connectivity index (χ0n) is 4.40. The second kappa shape index (κ2) is 4.06. The first kappa shape index (κ1) is 6.90. The van der Waals surface area contributed by atoms with Gasteiger partial charge in [-0.25, -0.2) is 0 Å². The van der Waals surface area contributed by atoms with E-state index >= 15 is 0 Å². The van der Waals surface area contributed by atoms with Crippen molar-refractivity contribution in [2.45, 2.75) is 13.8 Å². The van der Waals surface area contributed by atoms with Crippen molar-refractivity contribution >= 4 is 0 Å². The molecule has 6 heavy (non-hydrogen) atoms. The molecule has 0 amide bonds. The van der Waals surface area contributed by atoms with Crippen LogP contribution >= 0.6 is 0 Å². The fourth-order valence-corrected chi connectivity index (χ4v) is 2.07. The Morgan fingerprint density at radius 1 is 1.67 bits per heavy atom. The van der Waals surface area contributed by atoms with Crippen LogP contribution in [0.25, 0.3) is 0 Å². The van der Waals surface area contributed by atoms with Crippen molar-refractivity contribution in [3.63, 3.8) is 0 Å². The van der Waals surface area contributed by atoms with Gasteiger partial charge in [-0.2, -0.15) is 0 Å². The van der Waals surface area contributed by atoms with Crippen molar-refractivity contribution in [3.05, 3.63) is 0 Å². The summed E-state index contributed by atoms with van der Waals surface area (Å²) in [5.41, 5.74) is 0. The Balaban J connectivity index is 2.63. The van der Waals surface area contributed by atoms with E-state index in [1.54, 1.807) is 0 Å². The van der Waals surface area contributed by atoms with Crippen LogP contribution in [0.2, 0.25) is 0 Å². The molecule has 0 aromatic rings. The molecular formula is C4H9HgO. The summed E-state index contributed by atoms with van der Waals surface area (Å²) in [6, 6.07) is 0. The van der Waals surface area contributed by atoms with Gasteiger partial charge in [0.2, 0.25) is 0 Å². The molecule has 0 saturated carbocycles. The van der Waals surface area contributed by atoms with Crippen LogP contribution in [0.1, 0.15) is 13.8 Å². The first-order chi connectivity index (χ1) is 2.77. The molecular weight excluding hydrogens is 265 g/mol. The summed E-state index contributed by atoms with van der Waals surface area (Å²) >= 11 is 0.553. The van der Waals surface area contributed by atoms with Crippen LogP contribution in [0, 0.1) is 5.92 Å². The fraction of sp³-hybridized carbons (Fsp3) is 1.00. The van der Waals surface area contributed by atoms with Crippen molar-refractivity contribution in [1.82, 2.24) is 0 Å². The zero-order valence-corrected chi connectivity index (χ0v) is 9.90. The van der Waals surface area contributed by atoms with Gasteiger partial charge in [0.15, 0.2) is 0 Å². The summed E-state index contributed by atoms with van der Waals surface area (Å²) in [6.07, 6.45) is 0. The Bertz CT molecular complexity index is 28.7. The SMILES string of the molecule is CC(C)C[O][Hg]. The minimum absolute atomic E-state index is 0.553. The molecule has 0 aliphatic carbocycles. The van der Waals surface area contributed by atoms with Gasteiger partial charge >= 0.3 is 55.6 Å². The molecule has 0 radical (unpaired) electrons. The Kier molecular flexibility index (Phi) is 4.67. The third kappa shape index (κ3) is 4.90. The van der Waals surface area contributed by atoms with Gasteiger partial charge in [-0.05, 0) is 0 Å². The van der Waals surface area contributed by atoms with Crippen molar-refractivity contribution in [2.75, 3.05) is 6.61 Å². The molecule has 0 N–H and O–H groups in total. The van der Waals surface area contributed by atoms with Gasteiger partial charge in [-0.3, -0.25) is 0 Å². The van der Waals surface area contributed by atoms with Crippen LogP contribution < -0.4 is 0 Å². The van der Waals surface area contributed by atoms with Crippen LogP contribution in [0.3, 0.4) is 0 Å². The van der Waals surface area contributed by atoms with Gasteiger partial charge < -0.3 is 0 Å². The molecule has 0 spiro atoms. The minimum atomic E-state index is 0.553. The molecule has 0 aromatic carbocycles. The topological polar surface area (TPSA) is 9.23 Å². The molecule has 33 valence electrons. The molecule has 0 aromatic heterocycles. The summed E-state index contributed by atoms with van der Waals surface area (Å²) in [6.45, 7) is 5.28. The molecule has 0 unspecified atom stereocenters. The van der Waals surface area contributed by atoms with E-state index in [0.29, 0.717) is 26.6 Å². The number of rotatable bonds is 2. The molecule has 0 saturated heterocycles. The van der Waals surface area contributed by atoms with E-state index < -0.39 is 0 Å². The standard InChI is InChI=1S/C4H9O.Hg/c1-4(2)3-5;/h4H,3H2,1-2H3;/q-1;+1. The van der Waals surface area contributed by atoms with E-state index in [9.17, 15) is 0 Å². The average Bonchev–Trinajstić information content (AvgIpc) is 1.35. The van der Waals surface area contributed by atoms with Gasteiger partial charge in [0.1, 0.15) is 0 Å². The van der Waals surface area contributed by atoms with Crippen LogP contribution in [0.5, 0.6) is 0 Å². The van der Waals surface area contributed by atoms with Crippen LogP contribution in [-0.2, 0) is 29.2 Å². The van der Waals surface area contributed by atoms with Gasteiger partial charge in [0.25, 0.3) is 0 Å². The number of hydrogen-bond acceptors (Lipinski definition) is 1. The maximum atomic E-state index is 5.00. The van der Waals surface area contributed by atoms with Gasteiger partial charge in [-0.15, -0.1) is 0 Å². The summed E-state index contributed by atoms with van der Waals surface area (Å²) in [4.78, 5) is 0. The van der Waals surface area contributed by atoms with Gasteiger partial charge in [0, 0.05) is 0 Å². The molecule has 0 aliphatic heterocycles. The quantitative estimate of drug-likeness (QED) is 0.685. The van der Waals surface area contributed by atoms with Gasteiger partial charge in [-0.1, -0.05) is 0 Å². The predicted octanol–water partition coefficient (Wildman–Crippen LogP) is 1.12. The monoisotopic (exact) mass is 275 g/mol. The fourth-order valence-electron chi connectivity index (χ4n) is 0.236. The van der Waals surface area contributed by atoms with Crippen molar-refractivity contribution in [3.8, 4) is 0 Å². The Hall–Kier alpha value is 0.895. The molecule has 0 heterocycles. The first-order valence-corrected chi connectivity index (χ1v) is 4.38. The zero-order chi connectivity index (χ0) is 4.99. The Morgan fingerprint density at radius 2 is 2.17 bits per heavy atom. The van der Waals surface area contributed by atoms with E-state index in [-0.39, 0.29) is 0 Å². The third-order valence-corrected chi connectivity index (χ3v) is 1.37. The van der Waals surface area contributed by atoms with E-state index in [2.05, 4.69) is 13.8 Å². The normalized spacial score (nSPS) is 10.2. The maximum absolute atomic E-state index is 5.00. The van der Waals surface area contributed by atoms with Gasteiger partial charge in [0.05, 0.1) is 0 Å². The van der Waals surface area contributed by atoms with E-state index in [1.807, 2.05) is 0 Å². The summed E-state index contributed by atoms with van der Waals surface area (Å²) in [5, 5.41) is 0. The van der Waals surface area contributed by atoms with E-state index in [1.165, 1.54) is 0 Å². The first-order valence-electron chi connectivity index (χ1n) is 2.14. The summed E-state index contributed by atoms with van der Waals surface area (Å²) in [5.74, 6) is 0.725. The molecule has 0 aliphatic rings. The van der Waals surface area contributed by atoms with Crippen LogP contribution in [-0.4, -0.2) is 6.61 Å². The van der Waals surface area contributed by atoms with Crippen molar-refractivity contribution in [2.24, 2.45) is 5.92 Å². The third-order valence-electron chi connectivity index (χ3n) is 0.451. The van der Waals surface area contributed by atoms with Crippen LogP contribution in [0.15, 0.2) is 0 Å². The molecule has 0 fully saturated rings. The Morgan fingerprint density at radius 3 is 2.17 bits per heavy atom. The van der Waals surface area contributed by atoms with Crippen LogP contribution in [0.4, 0.5) is 0 Å². The summed E-state index contributed by atoms with van der Waals surface area (Å²) in [7, 11) is 0. The molecule has 0 atom stereocenters. The Labute approximate surface area is 55.7 Å². The number of hydrogen-bond donors (Lipinski definition) is 0. The summed E-state index contributed by atoms with van der Waals surface area (Å²) < 4.78 is 5.00. The molecule has 0 rings (SSSR count). The van der Waals surface area contributed by atoms with E-state index in [4.69, 9.17) is 2.64 Å². The molecule has 1 nitrogen and oxygen atoms in total.